The third-order valence-electron chi connectivity index (χ3n) is 5.71. The van der Waals surface area contributed by atoms with Crippen LogP contribution in [0.2, 0.25) is 0 Å². The molecular formula is C22H24BN7O. The standard InChI is InChI=1S/C22H24BN7O/c1-31-18-5-4-16(12-25-18)21-27-19-20(17(23)13-26-22(19)28-21)30-9-7-29(8-10-30)14-15-3-2-6-24-11-15/h2-6,11-13H,7-10,14,23H2,1H3,(H,26,27,28). The minimum atomic E-state index is 0.582. The first-order valence-corrected chi connectivity index (χ1v) is 10.4. The zero-order valence-corrected chi connectivity index (χ0v) is 17.7. The minimum Gasteiger partial charge on any atom is -0.481 e. The van der Waals surface area contributed by atoms with Gasteiger partial charge in [0.25, 0.3) is 0 Å². The summed E-state index contributed by atoms with van der Waals surface area (Å²) < 4.78 is 5.16. The molecule has 0 radical (unpaired) electrons. The Labute approximate surface area is 181 Å². The molecule has 1 fully saturated rings. The van der Waals surface area contributed by atoms with Gasteiger partial charge in [0.05, 0.1) is 12.8 Å². The van der Waals surface area contributed by atoms with Gasteiger partial charge in [-0.05, 0) is 23.2 Å². The second-order valence-corrected chi connectivity index (χ2v) is 7.79. The van der Waals surface area contributed by atoms with Gasteiger partial charge < -0.3 is 14.6 Å². The van der Waals surface area contributed by atoms with Gasteiger partial charge >= 0.3 is 0 Å². The maximum absolute atomic E-state index is 5.16. The molecule has 1 aliphatic heterocycles. The summed E-state index contributed by atoms with van der Waals surface area (Å²) in [7, 11) is 3.71. The normalized spacial score (nSPS) is 14.8. The van der Waals surface area contributed by atoms with E-state index in [-0.39, 0.29) is 0 Å². The number of hydrogen-bond acceptors (Lipinski definition) is 7. The zero-order valence-electron chi connectivity index (χ0n) is 17.7. The highest BCUT2D eigenvalue weighted by Gasteiger charge is 2.22. The maximum atomic E-state index is 5.16. The van der Waals surface area contributed by atoms with Gasteiger partial charge in [-0.3, -0.25) is 9.88 Å². The Morgan fingerprint density at radius 3 is 2.65 bits per heavy atom. The van der Waals surface area contributed by atoms with E-state index in [0.717, 1.165) is 66.4 Å². The van der Waals surface area contributed by atoms with Gasteiger partial charge in [-0.2, -0.15) is 0 Å². The van der Waals surface area contributed by atoms with Crippen LogP contribution in [0.25, 0.3) is 22.6 Å². The van der Waals surface area contributed by atoms with Crippen LogP contribution in [0.1, 0.15) is 5.56 Å². The molecule has 31 heavy (non-hydrogen) atoms. The molecule has 9 heteroatoms. The Hall–Kier alpha value is -3.46. The monoisotopic (exact) mass is 413 g/mol. The van der Waals surface area contributed by atoms with Crippen LogP contribution < -0.4 is 15.1 Å². The molecular weight excluding hydrogens is 389 g/mol. The lowest BCUT2D eigenvalue weighted by Gasteiger charge is -2.36. The van der Waals surface area contributed by atoms with Crippen molar-refractivity contribution in [3.63, 3.8) is 0 Å². The molecule has 0 unspecified atom stereocenters. The van der Waals surface area contributed by atoms with Crippen LogP contribution in [-0.4, -0.2) is 71.0 Å². The van der Waals surface area contributed by atoms with Gasteiger partial charge in [0, 0.05) is 69.1 Å². The average Bonchev–Trinajstić information content (AvgIpc) is 3.25. The Kier molecular flexibility index (Phi) is 5.25. The van der Waals surface area contributed by atoms with Crippen LogP contribution in [0.4, 0.5) is 5.69 Å². The molecule has 0 atom stereocenters. The first-order chi connectivity index (χ1) is 15.2. The van der Waals surface area contributed by atoms with Crippen LogP contribution >= 0.6 is 0 Å². The summed E-state index contributed by atoms with van der Waals surface area (Å²) in [4.78, 5) is 26.2. The molecule has 0 bridgehead atoms. The van der Waals surface area contributed by atoms with Crippen LogP contribution in [0.3, 0.4) is 0 Å². The van der Waals surface area contributed by atoms with Crippen LogP contribution in [0, 0.1) is 0 Å². The van der Waals surface area contributed by atoms with E-state index < -0.39 is 0 Å². The highest BCUT2D eigenvalue weighted by atomic mass is 16.5. The van der Waals surface area contributed by atoms with E-state index in [0.29, 0.717) is 5.88 Å². The number of anilines is 1. The lowest BCUT2D eigenvalue weighted by molar-refractivity contribution is 0.250. The third kappa shape index (κ3) is 3.96. The number of ether oxygens (including phenoxy) is 1. The predicted octanol–water partition coefficient (Wildman–Crippen LogP) is 1.00. The molecule has 1 aliphatic rings. The molecule has 8 nitrogen and oxygen atoms in total. The summed E-state index contributed by atoms with van der Waals surface area (Å²) in [6.07, 6.45) is 7.45. The van der Waals surface area contributed by atoms with Crippen molar-refractivity contribution in [1.82, 2.24) is 29.8 Å². The van der Waals surface area contributed by atoms with Crippen molar-refractivity contribution in [2.45, 2.75) is 6.54 Å². The zero-order chi connectivity index (χ0) is 21.2. The summed E-state index contributed by atoms with van der Waals surface area (Å²) in [6, 6.07) is 7.92. The Bertz CT molecular complexity index is 1170. The Morgan fingerprint density at radius 2 is 1.94 bits per heavy atom. The van der Waals surface area contributed by atoms with E-state index in [2.05, 4.69) is 43.6 Å². The number of methoxy groups -OCH3 is 1. The number of fused-ring (bicyclic) bond motifs is 1. The molecule has 1 N–H and O–H groups in total. The van der Waals surface area contributed by atoms with E-state index >= 15 is 0 Å². The number of rotatable bonds is 5. The molecule has 0 aromatic carbocycles. The molecule has 156 valence electrons. The van der Waals surface area contributed by atoms with Crippen molar-refractivity contribution in [3.05, 3.63) is 54.6 Å². The molecule has 1 saturated heterocycles. The first kappa shape index (κ1) is 19.5. The number of imidazole rings is 1. The van der Waals surface area contributed by atoms with E-state index in [4.69, 9.17) is 9.72 Å². The van der Waals surface area contributed by atoms with Crippen molar-refractivity contribution in [3.8, 4) is 17.3 Å². The maximum Gasteiger partial charge on any atom is 0.212 e. The van der Waals surface area contributed by atoms with E-state index in [1.165, 1.54) is 5.56 Å². The highest BCUT2D eigenvalue weighted by molar-refractivity contribution is 6.37. The number of aromatic amines is 1. The largest absolute Gasteiger partial charge is 0.481 e. The summed E-state index contributed by atoms with van der Waals surface area (Å²) in [6.45, 7) is 4.83. The van der Waals surface area contributed by atoms with Crippen LogP contribution in [0.15, 0.2) is 49.1 Å². The number of nitrogens with zero attached hydrogens (tertiary/aromatic N) is 6. The Balaban J connectivity index is 1.38. The number of pyridine rings is 3. The van der Waals surface area contributed by atoms with Gasteiger partial charge in [0.15, 0.2) is 5.65 Å². The van der Waals surface area contributed by atoms with Gasteiger partial charge in [0.2, 0.25) is 5.88 Å². The van der Waals surface area contributed by atoms with Gasteiger partial charge in [-0.1, -0.05) is 6.07 Å². The molecule has 5 heterocycles. The highest BCUT2D eigenvalue weighted by Crippen LogP contribution is 2.27. The summed E-state index contributed by atoms with van der Waals surface area (Å²) in [5.41, 5.74) is 6.16. The van der Waals surface area contributed by atoms with Gasteiger partial charge in [-0.25, -0.2) is 15.0 Å². The number of nitrogens with one attached hydrogen (secondary N) is 1. The molecule has 0 amide bonds. The molecule has 5 rings (SSSR count). The van der Waals surface area contributed by atoms with Crippen molar-refractivity contribution >= 4 is 30.2 Å². The second kappa shape index (κ2) is 8.35. The van der Waals surface area contributed by atoms with Gasteiger partial charge in [-0.15, -0.1) is 0 Å². The quantitative estimate of drug-likeness (QED) is 0.489. The lowest BCUT2D eigenvalue weighted by Crippen LogP contribution is -2.47. The summed E-state index contributed by atoms with van der Waals surface area (Å²) in [5.74, 6) is 1.35. The van der Waals surface area contributed by atoms with Gasteiger partial charge in [0.1, 0.15) is 19.2 Å². The number of hydrogen-bond donors (Lipinski definition) is 1. The molecule has 4 aromatic heterocycles. The van der Waals surface area contributed by atoms with Crippen molar-refractivity contribution in [1.29, 1.82) is 0 Å². The fraction of sp³-hybridized carbons (Fsp3) is 0.273. The van der Waals surface area contributed by atoms with E-state index in [1.807, 2.05) is 36.8 Å². The lowest BCUT2D eigenvalue weighted by atomic mass is 9.95. The fourth-order valence-electron chi connectivity index (χ4n) is 4.09. The second-order valence-electron chi connectivity index (χ2n) is 7.79. The third-order valence-corrected chi connectivity index (χ3v) is 5.71. The van der Waals surface area contributed by atoms with Crippen LogP contribution in [-0.2, 0) is 6.54 Å². The molecule has 4 aromatic rings. The molecule has 0 spiro atoms. The number of piperazine rings is 1. The SMILES string of the molecule is Bc1cnc2[nH]c(-c3ccc(OC)nc3)nc2c1N1CCN(Cc2cccnc2)CC1. The number of aromatic nitrogens is 5. The first-order valence-electron chi connectivity index (χ1n) is 10.4. The van der Waals surface area contributed by atoms with E-state index in [9.17, 15) is 0 Å². The predicted molar refractivity (Wildman–Crippen MR) is 124 cm³/mol. The molecule has 0 aliphatic carbocycles. The average molecular weight is 413 g/mol. The van der Waals surface area contributed by atoms with Crippen molar-refractivity contribution in [2.24, 2.45) is 0 Å². The van der Waals surface area contributed by atoms with Crippen molar-refractivity contribution < 1.29 is 4.74 Å². The number of H-pyrrole nitrogens is 1. The topological polar surface area (TPSA) is 83.1 Å². The molecule has 0 saturated carbocycles. The summed E-state index contributed by atoms with van der Waals surface area (Å²) in [5, 5.41) is 0. The minimum absolute atomic E-state index is 0.582. The van der Waals surface area contributed by atoms with E-state index in [1.54, 1.807) is 13.3 Å². The summed E-state index contributed by atoms with van der Waals surface area (Å²) >= 11 is 0. The smallest absolute Gasteiger partial charge is 0.212 e. The Morgan fingerprint density at radius 1 is 1.06 bits per heavy atom. The van der Waals surface area contributed by atoms with Crippen LogP contribution in [0.5, 0.6) is 5.88 Å². The fourth-order valence-corrected chi connectivity index (χ4v) is 4.09. The van der Waals surface area contributed by atoms with Crippen molar-refractivity contribution in [2.75, 3.05) is 38.2 Å².